The number of aliphatic hydroxyl groups is 1. The lowest BCUT2D eigenvalue weighted by Crippen LogP contribution is -2.39. The van der Waals surface area contributed by atoms with Crippen LogP contribution in [0.5, 0.6) is 5.75 Å². The molecule has 0 radical (unpaired) electrons. The summed E-state index contributed by atoms with van der Waals surface area (Å²) in [6, 6.07) is 7.82. The third-order valence-corrected chi connectivity index (χ3v) is 6.06. The second-order valence-corrected chi connectivity index (χ2v) is 9.54. The fourth-order valence-corrected chi connectivity index (χ4v) is 4.43. The van der Waals surface area contributed by atoms with Crippen molar-refractivity contribution >= 4 is 21.6 Å². The van der Waals surface area contributed by atoms with Crippen LogP contribution in [0.3, 0.4) is 0 Å². The molecule has 3 rings (SSSR count). The molecule has 0 aliphatic heterocycles. The smallest absolute Gasteiger partial charge is 0.260 e. The molecule has 0 aliphatic rings. The van der Waals surface area contributed by atoms with Crippen LogP contribution in [0.4, 0.5) is 0 Å². The van der Waals surface area contributed by atoms with Gasteiger partial charge >= 0.3 is 0 Å². The SMILES string of the molecule is COc1ccc(-c2csc3nc(CN(CC(O)COCC(C)C)C(C)C)[nH]c(=O)c23)cc1. The first-order valence-corrected chi connectivity index (χ1v) is 11.8. The maximum atomic E-state index is 13.0. The van der Waals surface area contributed by atoms with Gasteiger partial charge in [0.15, 0.2) is 0 Å². The summed E-state index contributed by atoms with van der Waals surface area (Å²) in [5, 5.41) is 13.0. The molecule has 0 amide bonds. The zero-order chi connectivity index (χ0) is 23.3. The number of ether oxygens (including phenoxy) is 2. The van der Waals surface area contributed by atoms with Gasteiger partial charge in [0.1, 0.15) is 16.4 Å². The normalized spacial score (nSPS) is 12.9. The van der Waals surface area contributed by atoms with Crippen LogP contribution in [0.25, 0.3) is 21.3 Å². The van der Waals surface area contributed by atoms with Gasteiger partial charge in [-0.2, -0.15) is 0 Å². The number of thiophene rings is 1. The Morgan fingerprint density at radius 2 is 1.88 bits per heavy atom. The lowest BCUT2D eigenvalue weighted by molar-refractivity contribution is 0.00129. The molecule has 174 valence electrons. The Kier molecular flexibility index (Phi) is 8.42. The molecule has 0 bridgehead atoms. The molecule has 8 heteroatoms. The molecule has 7 nitrogen and oxygen atoms in total. The summed E-state index contributed by atoms with van der Waals surface area (Å²) in [6.45, 7) is 10.1. The van der Waals surface area contributed by atoms with Crippen LogP contribution in [0.1, 0.15) is 33.5 Å². The molecule has 0 fully saturated rings. The van der Waals surface area contributed by atoms with Gasteiger partial charge in [-0.15, -0.1) is 11.3 Å². The van der Waals surface area contributed by atoms with Crippen LogP contribution < -0.4 is 10.3 Å². The highest BCUT2D eigenvalue weighted by atomic mass is 32.1. The van der Waals surface area contributed by atoms with Gasteiger partial charge in [-0.1, -0.05) is 26.0 Å². The zero-order valence-corrected chi connectivity index (χ0v) is 20.2. The monoisotopic (exact) mass is 459 g/mol. The molecule has 1 aromatic carbocycles. The number of hydrogen-bond acceptors (Lipinski definition) is 7. The first kappa shape index (κ1) is 24.4. The van der Waals surface area contributed by atoms with Crippen LogP contribution in [-0.4, -0.2) is 59.0 Å². The predicted molar refractivity (Wildman–Crippen MR) is 129 cm³/mol. The summed E-state index contributed by atoms with van der Waals surface area (Å²) in [5.74, 6) is 1.79. The van der Waals surface area contributed by atoms with E-state index in [0.717, 1.165) is 16.9 Å². The van der Waals surface area contributed by atoms with Gasteiger partial charge in [0, 0.05) is 30.1 Å². The third kappa shape index (κ3) is 6.16. The van der Waals surface area contributed by atoms with Crippen LogP contribution in [-0.2, 0) is 11.3 Å². The van der Waals surface area contributed by atoms with Crippen LogP contribution >= 0.6 is 11.3 Å². The second kappa shape index (κ2) is 11.0. The Morgan fingerprint density at radius 3 is 2.50 bits per heavy atom. The fraction of sp³-hybridized carbons (Fsp3) is 0.500. The highest BCUT2D eigenvalue weighted by Crippen LogP contribution is 2.31. The van der Waals surface area contributed by atoms with Crippen molar-refractivity contribution in [3.63, 3.8) is 0 Å². The van der Waals surface area contributed by atoms with Crippen LogP contribution in [0, 0.1) is 5.92 Å². The fourth-order valence-electron chi connectivity index (χ4n) is 3.46. The maximum absolute atomic E-state index is 13.0. The van der Waals surface area contributed by atoms with Crippen molar-refractivity contribution in [1.82, 2.24) is 14.9 Å². The van der Waals surface area contributed by atoms with E-state index < -0.39 is 6.10 Å². The van der Waals surface area contributed by atoms with Gasteiger partial charge < -0.3 is 19.6 Å². The lowest BCUT2D eigenvalue weighted by atomic mass is 10.1. The van der Waals surface area contributed by atoms with Gasteiger partial charge in [-0.05, 0) is 37.5 Å². The minimum Gasteiger partial charge on any atom is -0.497 e. The van der Waals surface area contributed by atoms with E-state index in [4.69, 9.17) is 14.5 Å². The number of hydrogen-bond donors (Lipinski definition) is 2. The molecule has 32 heavy (non-hydrogen) atoms. The standard InChI is InChI=1S/C24H33N3O4S/c1-15(2)12-31-13-18(28)10-27(16(3)4)11-21-25-23(29)22-20(14-32-24(22)26-21)17-6-8-19(30-5)9-7-17/h6-9,14-16,18,28H,10-13H2,1-5H3,(H,25,26,29). The first-order chi connectivity index (χ1) is 15.3. The van der Waals surface area contributed by atoms with E-state index in [1.54, 1.807) is 7.11 Å². The number of fused-ring (bicyclic) bond motifs is 1. The maximum Gasteiger partial charge on any atom is 0.260 e. The van der Waals surface area contributed by atoms with Crippen molar-refractivity contribution in [1.29, 1.82) is 0 Å². The summed E-state index contributed by atoms with van der Waals surface area (Å²) >= 11 is 1.46. The van der Waals surface area contributed by atoms with Crippen molar-refractivity contribution in [2.45, 2.75) is 46.4 Å². The average Bonchev–Trinajstić information content (AvgIpc) is 3.17. The molecule has 1 atom stereocenters. The quantitative estimate of drug-likeness (QED) is 0.452. The molecular formula is C24H33N3O4S. The van der Waals surface area contributed by atoms with Gasteiger partial charge in [0.05, 0.1) is 31.8 Å². The number of benzene rings is 1. The summed E-state index contributed by atoms with van der Waals surface area (Å²) in [5.41, 5.74) is 1.67. The van der Waals surface area contributed by atoms with E-state index in [1.165, 1.54) is 11.3 Å². The van der Waals surface area contributed by atoms with E-state index >= 15 is 0 Å². The Morgan fingerprint density at radius 1 is 1.16 bits per heavy atom. The number of H-pyrrole nitrogens is 1. The van der Waals surface area contributed by atoms with Crippen molar-refractivity contribution in [2.75, 3.05) is 26.9 Å². The molecule has 2 N–H and O–H groups in total. The summed E-state index contributed by atoms with van der Waals surface area (Å²) < 4.78 is 10.8. The highest BCUT2D eigenvalue weighted by Gasteiger charge is 2.19. The van der Waals surface area contributed by atoms with Gasteiger partial charge in [-0.3, -0.25) is 9.69 Å². The third-order valence-electron chi connectivity index (χ3n) is 5.18. The molecule has 1 unspecified atom stereocenters. The van der Waals surface area contributed by atoms with Gasteiger partial charge in [0.2, 0.25) is 0 Å². The molecule has 0 saturated heterocycles. The minimum absolute atomic E-state index is 0.151. The van der Waals surface area contributed by atoms with Gasteiger partial charge in [0.25, 0.3) is 5.56 Å². The molecule has 0 aliphatic carbocycles. The molecule has 2 heterocycles. The molecule has 0 spiro atoms. The van der Waals surface area contributed by atoms with Crippen molar-refractivity contribution in [3.8, 4) is 16.9 Å². The average molecular weight is 460 g/mol. The Hall–Kier alpha value is -2.26. The highest BCUT2D eigenvalue weighted by molar-refractivity contribution is 7.17. The Balaban J connectivity index is 1.77. The lowest BCUT2D eigenvalue weighted by Gasteiger charge is -2.28. The van der Waals surface area contributed by atoms with Crippen molar-refractivity contribution in [2.24, 2.45) is 5.92 Å². The van der Waals surface area contributed by atoms with Crippen molar-refractivity contribution < 1.29 is 14.6 Å². The molecule has 3 aromatic rings. The van der Waals surface area contributed by atoms with Crippen molar-refractivity contribution in [3.05, 3.63) is 45.8 Å². The number of aromatic amines is 1. The van der Waals surface area contributed by atoms with E-state index in [2.05, 4.69) is 37.6 Å². The number of methoxy groups -OCH3 is 1. The van der Waals surface area contributed by atoms with Crippen LogP contribution in [0.2, 0.25) is 0 Å². The molecule has 0 saturated carbocycles. The Labute approximate surface area is 193 Å². The van der Waals surface area contributed by atoms with Gasteiger partial charge in [-0.25, -0.2) is 4.98 Å². The molecule has 2 aromatic heterocycles. The summed E-state index contributed by atoms with van der Waals surface area (Å²) in [4.78, 5) is 23.4. The number of nitrogens with zero attached hydrogens (tertiary/aromatic N) is 2. The summed E-state index contributed by atoms with van der Waals surface area (Å²) in [7, 11) is 1.63. The van der Waals surface area contributed by atoms with E-state index in [0.29, 0.717) is 48.3 Å². The number of rotatable bonds is 11. The number of aliphatic hydroxyl groups excluding tert-OH is 1. The zero-order valence-electron chi connectivity index (χ0n) is 19.4. The van der Waals surface area contributed by atoms with E-state index in [1.807, 2.05) is 29.6 Å². The Bertz CT molecular complexity index is 1060. The van der Waals surface area contributed by atoms with E-state index in [-0.39, 0.29) is 11.6 Å². The van der Waals surface area contributed by atoms with Crippen LogP contribution in [0.15, 0.2) is 34.4 Å². The molecular weight excluding hydrogens is 426 g/mol. The first-order valence-electron chi connectivity index (χ1n) is 10.9. The number of nitrogens with one attached hydrogen (secondary N) is 1. The minimum atomic E-state index is -0.602. The summed E-state index contributed by atoms with van der Waals surface area (Å²) in [6.07, 6.45) is -0.602. The topological polar surface area (TPSA) is 87.7 Å². The number of aromatic nitrogens is 2. The largest absolute Gasteiger partial charge is 0.497 e. The predicted octanol–water partition coefficient (Wildman–Crippen LogP) is 3.90. The van der Waals surface area contributed by atoms with E-state index in [9.17, 15) is 9.90 Å². The second-order valence-electron chi connectivity index (χ2n) is 8.68.